The lowest BCUT2D eigenvalue weighted by Crippen LogP contribution is -2.71. The molecule has 0 aromatic heterocycles. The van der Waals surface area contributed by atoms with Gasteiger partial charge in [-0.3, -0.25) is 9.59 Å². The summed E-state index contributed by atoms with van der Waals surface area (Å²) in [5, 5.41) is 33.1. The number of carboxylic acid groups (broad SMARTS) is 1. The Labute approximate surface area is 216 Å². The molecule has 10 atom stereocenters. The Bertz CT molecular complexity index is 1070. The molecule has 0 aromatic carbocycles. The number of aliphatic hydroxyl groups is 1. The summed E-state index contributed by atoms with van der Waals surface area (Å²) < 4.78 is 0. The lowest BCUT2D eigenvalue weighted by Gasteiger charge is -2.73. The van der Waals surface area contributed by atoms with Crippen LogP contribution < -0.4 is 0 Å². The van der Waals surface area contributed by atoms with Crippen molar-refractivity contribution in [2.24, 2.45) is 62.1 Å². The predicted molar refractivity (Wildman–Crippen MR) is 137 cm³/mol. The third kappa shape index (κ3) is 2.86. The highest BCUT2D eigenvalue weighted by atomic mass is 16.4. The Balaban J connectivity index is 1.66. The highest BCUT2D eigenvalue weighted by Crippen LogP contribution is 2.76. The maximum atomic E-state index is 12.9. The van der Waals surface area contributed by atoms with Crippen LogP contribution in [0.3, 0.4) is 0 Å². The highest BCUT2D eigenvalue weighted by Gasteiger charge is 2.74. The molecule has 0 spiro atoms. The normalized spacial score (nSPS) is 52.7. The van der Waals surface area contributed by atoms with Crippen molar-refractivity contribution in [2.75, 3.05) is 0 Å². The SMILES string of the molecule is CC1(C)CCC2(C(=O)O)CCC3(C)C(C(O)CC4C5(C)C=CC(=O)C(C)(C)C5CCC43C)C2C1C#N. The van der Waals surface area contributed by atoms with Gasteiger partial charge in [-0.2, -0.15) is 5.26 Å². The molecule has 5 aliphatic carbocycles. The molecule has 0 aliphatic heterocycles. The van der Waals surface area contributed by atoms with E-state index in [1.54, 1.807) is 6.08 Å². The summed E-state index contributed by atoms with van der Waals surface area (Å²) in [6.07, 6.45) is 8.43. The largest absolute Gasteiger partial charge is 0.481 e. The Morgan fingerprint density at radius 1 is 0.944 bits per heavy atom. The van der Waals surface area contributed by atoms with Crippen LogP contribution in [0.15, 0.2) is 12.2 Å². The molecule has 36 heavy (non-hydrogen) atoms. The molecule has 0 saturated heterocycles. The van der Waals surface area contributed by atoms with Crippen molar-refractivity contribution in [3.63, 3.8) is 0 Å². The number of hydrogen-bond acceptors (Lipinski definition) is 4. The average Bonchev–Trinajstić information content (AvgIpc) is 2.78. The van der Waals surface area contributed by atoms with E-state index in [1.165, 1.54) is 0 Å². The standard InChI is InChI=1S/C31H45NO4/c1-26(2)12-14-31(25(35)36)15-13-30(7)24(23(31)18(26)17-32)19(33)16-21-28(5)10-9-22(34)27(3,4)20(28)8-11-29(21,30)6/h9-10,18-21,23-24,33H,8,11-16H2,1-7H3,(H,35,36). The van der Waals surface area contributed by atoms with E-state index >= 15 is 0 Å². The summed E-state index contributed by atoms with van der Waals surface area (Å²) in [5.74, 6) is -1.17. The summed E-state index contributed by atoms with van der Waals surface area (Å²) >= 11 is 0. The number of ketones is 1. The number of fused-ring (bicyclic) bond motifs is 7. The van der Waals surface area contributed by atoms with E-state index in [2.05, 4.69) is 60.6 Å². The molecule has 4 fully saturated rings. The maximum absolute atomic E-state index is 12.9. The van der Waals surface area contributed by atoms with Gasteiger partial charge in [-0.05, 0) is 96.4 Å². The molecular weight excluding hydrogens is 450 g/mol. The topological polar surface area (TPSA) is 98.4 Å². The molecular formula is C31H45NO4. The number of carbonyl (C=O) groups excluding carboxylic acids is 1. The zero-order valence-corrected chi connectivity index (χ0v) is 23.2. The van der Waals surface area contributed by atoms with Crippen molar-refractivity contribution in [2.45, 2.75) is 99.5 Å². The number of nitriles is 1. The fraction of sp³-hybridized carbons (Fsp3) is 0.839. The number of allylic oxidation sites excluding steroid dienone is 2. The monoisotopic (exact) mass is 495 g/mol. The van der Waals surface area contributed by atoms with E-state index in [0.29, 0.717) is 19.3 Å². The minimum Gasteiger partial charge on any atom is -0.481 e. The molecule has 0 bridgehead atoms. The Morgan fingerprint density at radius 2 is 1.58 bits per heavy atom. The third-order valence-electron chi connectivity index (χ3n) is 13.4. The molecule has 5 nitrogen and oxygen atoms in total. The molecule has 4 saturated carbocycles. The number of nitrogens with zero attached hydrogens (tertiary/aromatic N) is 1. The van der Waals surface area contributed by atoms with Gasteiger partial charge in [0.2, 0.25) is 0 Å². The van der Waals surface area contributed by atoms with E-state index in [9.17, 15) is 25.1 Å². The van der Waals surface area contributed by atoms with Gasteiger partial charge >= 0.3 is 5.97 Å². The van der Waals surface area contributed by atoms with Gasteiger partial charge in [0.25, 0.3) is 0 Å². The smallest absolute Gasteiger partial charge is 0.309 e. The van der Waals surface area contributed by atoms with Crippen LogP contribution in [-0.2, 0) is 9.59 Å². The molecule has 5 heteroatoms. The summed E-state index contributed by atoms with van der Waals surface area (Å²) in [7, 11) is 0. The van der Waals surface area contributed by atoms with Gasteiger partial charge in [0.15, 0.2) is 5.78 Å². The second-order valence-electron chi connectivity index (χ2n) is 15.2. The number of hydrogen-bond donors (Lipinski definition) is 2. The summed E-state index contributed by atoms with van der Waals surface area (Å²) in [5.41, 5.74) is -2.26. The fourth-order valence-electron chi connectivity index (χ4n) is 11.0. The van der Waals surface area contributed by atoms with Gasteiger partial charge in [0.05, 0.1) is 23.5 Å². The van der Waals surface area contributed by atoms with Crippen LogP contribution >= 0.6 is 0 Å². The van der Waals surface area contributed by atoms with Gasteiger partial charge in [0.1, 0.15) is 0 Å². The first-order chi connectivity index (χ1) is 16.5. The van der Waals surface area contributed by atoms with Crippen molar-refractivity contribution in [1.82, 2.24) is 0 Å². The summed E-state index contributed by atoms with van der Waals surface area (Å²) in [6.45, 7) is 15.4. The van der Waals surface area contributed by atoms with Gasteiger partial charge < -0.3 is 10.2 Å². The van der Waals surface area contributed by atoms with E-state index in [1.807, 2.05) is 0 Å². The van der Waals surface area contributed by atoms with Crippen molar-refractivity contribution in [3.8, 4) is 6.07 Å². The summed E-state index contributed by atoms with van der Waals surface area (Å²) in [4.78, 5) is 25.8. The van der Waals surface area contributed by atoms with Crippen LogP contribution in [-0.4, -0.2) is 28.1 Å². The first-order valence-corrected chi connectivity index (χ1v) is 14.1. The van der Waals surface area contributed by atoms with Crippen molar-refractivity contribution < 1.29 is 19.8 Å². The highest BCUT2D eigenvalue weighted by molar-refractivity contribution is 5.95. The van der Waals surface area contributed by atoms with E-state index in [4.69, 9.17) is 0 Å². The lowest BCUT2D eigenvalue weighted by atomic mass is 9.31. The van der Waals surface area contributed by atoms with Gasteiger partial charge in [0, 0.05) is 5.41 Å². The number of carbonyl (C=O) groups is 2. The Morgan fingerprint density at radius 3 is 2.19 bits per heavy atom. The predicted octanol–water partition coefficient (Wildman–Crippen LogP) is 6.02. The first-order valence-electron chi connectivity index (χ1n) is 14.1. The molecule has 2 N–H and O–H groups in total. The molecule has 10 unspecified atom stereocenters. The molecule has 5 rings (SSSR count). The van der Waals surface area contributed by atoms with Crippen LogP contribution in [0, 0.1) is 73.4 Å². The second kappa shape index (κ2) is 7.46. The van der Waals surface area contributed by atoms with Crippen LogP contribution in [0.1, 0.15) is 93.4 Å². The number of aliphatic carboxylic acids is 1. The number of rotatable bonds is 1. The van der Waals surface area contributed by atoms with Gasteiger partial charge in [-0.15, -0.1) is 0 Å². The van der Waals surface area contributed by atoms with Crippen LogP contribution in [0.4, 0.5) is 0 Å². The minimum atomic E-state index is -0.940. The molecule has 5 aliphatic rings. The zero-order valence-electron chi connectivity index (χ0n) is 23.2. The minimum absolute atomic E-state index is 0.116. The molecule has 0 radical (unpaired) electrons. The molecule has 0 aromatic rings. The maximum Gasteiger partial charge on any atom is 0.309 e. The Hall–Kier alpha value is -1.67. The molecule has 0 heterocycles. The lowest BCUT2D eigenvalue weighted by molar-refractivity contribution is -0.266. The molecule has 0 amide bonds. The van der Waals surface area contributed by atoms with E-state index in [-0.39, 0.29) is 51.1 Å². The van der Waals surface area contributed by atoms with Gasteiger partial charge in [-0.25, -0.2) is 0 Å². The number of carboxylic acids is 1. The quantitative estimate of drug-likeness (QED) is 0.464. The van der Waals surface area contributed by atoms with Crippen LogP contribution in [0.25, 0.3) is 0 Å². The van der Waals surface area contributed by atoms with Crippen LogP contribution in [0.2, 0.25) is 0 Å². The average molecular weight is 496 g/mol. The Kier molecular flexibility index (Phi) is 5.38. The second-order valence-corrected chi connectivity index (χ2v) is 15.2. The van der Waals surface area contributed by atoms with Crippen molar-refractivity contribution in [1.29, 1.82) is 5.26 Å². The van der Waals surface area contributed by atoms with Crippen molar-refractivity contribution in [3.05, 3.63) is 12.2 Å². The number of aliphatic hydroxyl groups excluding tert-OH is 1. The van der Waals surface area contributed by atoms with Crippen LogP contribution in [0.5, 0.6) is 0 Å². The van der Waals surface area contributed by atoms with Crippen molar-refractivity contribution >= 4 is 11.8 Å². The fourth-order valence-corrected chi connectivity index (χ4v) is 11.0. The third-order valence-corrected chi connectivity index (χ3v) is 13.4. The zero-order chi connectivity index (χ0) is 26.7. The summed E-state index contributed by atoms with van der Waals surface area (Å²) in [6, 6.07) is 2.57. The first kappa shape index (κ1) is 26.0. The van der Waals surface area contributed by atoms with Gasteiger partial charge in [-0.1, -0.05) is 54.5 Å². The van der Waals surface area contributed by atoms with E-state index < -0.39 is 28.8 Å². The molecule has 198 valence electrons. The van der Waals surface area contributed by atoms with E-state index in [0.717, 1.165) is 25.7 Å².